The maximum atomic E-state index is 11.9. The number of carbonyl (C=O) groups excluding carboxylic acids is 1. The molecule has 1 saturated carbocycles. The summed E-state index contributed by atoms with van der Waals surface area (Å²) in [5, 5.41) is 13.5. The molecule has 1 aliphatic rings. The third-order valence-electron chi connectivity index (χ3n) is 3.31. The minimum absolute atomic E-state index is 0.159. The van der Waals surface area contributed by atoms with Crippen molar-refractivity contribution >= 4 is 17.4 Å². The van der Waals surface area contributed by atoms with Crippen molar-refractivity contribution in [2.75, 3.05) is 13.6 Å². The summed E-state index contributed by atoms with van der Waals surface area (Å²) in [6.45, 7) is 2.94. The van der Waals surface area contributed by atoms with Crippen LogP contribution in [0.4, 0.5) is 4.79 Å². The number of nitrogens with one attached hydrogen (secondary N) is 1. The molecule has 0 saturated heterocycles. The van der Waals surface area contributed by atoms with Crippen molar-refractivity contribution in [3.63, 3.8) is 0 Å². The number of aromatic nitrogens is 1. The number of thiazole rings is 1. The van der Waals surface area contributed by atoms with Crippen LogP contribution in [0.3, 0.4) is 0 Å². The van der Waals surface area contributed by atoms with Crippen LogP contribution in [-0.2, 0) is 13.0 Å². The molecule has 1 atom stereocenters. The van der Waals surface area contributed by atoms with Gasteiger partial charge in [0.2, 0.25) is 0 Å². The van der Waals surface area contributed by atoms with Crippen LogP contribution in [-0.4, -0.2) is 40.7 Å². The van der Waals surface area contributed by atoms with Gasteiger partial charge in [-0.1, -0.05) is 6.92 Å². The molecular weight excluding hydrogens is 262 g/mol. The predicted octanol–water partition coefficient (Wildman–Crippen LogP) is 1.62. The summed E-state index contributed by atoms with van der Waals surface area (Å²) in [5.74, 6) is 0.390. The van der Waals surface area contributed by atoms with E-state index in [-0.39, 0.29) is 12.1 Å². The zero-order valence-corrected chi connectivity index (χ0v) is 12.2. The molecule has 1 aliphatic carbocycles. The van der Waals surface area contributed by atoms with E-state index < -0.39 is 0 Å². The fourth-order valence-corrected chi connectivity index (χ4v) is 2.68. The van der Waals surface area contributed by atoms with Crippen molar-refractivity contribution in [1.29, 1.82) is 0 Å². The van der Waals surface area contributed by atoms with Crippen LogP contribution in [0.5, 0.6) is 0 Å². The lowest BCUT2D eigenvalue weighted by molar-refractivity contribution is 0.113. The average Bonchev–Trinajstić information content (AvgIpc) is 3.15. The molecule has 1 heterocycles. The Bertz CT molecular complexity index is 431. The predicted molar refractivity (Wildman–Crippen MR) is 75.1 cm³/mol. The maximum Gasteiger partial charge on any atom is 0.317 e. The first-order valence-electron chi connectivity index (χ1n) is 6.70. The van der Waals surface area contributed by atoms with Gasteiger partial charge in [-0.15, -0.1) is 11.3 Å². The number of rotatable bonds is 6. The summed E-state index contributed by atoms with van der Waals surface area (Å²) in [5.41, 5.74) is 0. The number of hydrogen-bond donors (Lipinski definition) is 2. The first-order valence-corrected chi connectivity index (χ1v) is 7.52. The summed E-state index contributed by atoms with van der Waals surface area (Å²) in [7, 11) is 1.71. The first-order chi connectivity index (χ1) is 9.10. The molecule has 0 radical (unpaired) electrons. The van der Waals surface area contributed by atoms with E-state index in [0.717, 1.165) is 24.3 Å². The maximum absolute atomic E-state index is 11.9. The van der Waals surface area contributed by atoms with Crippen molar-refractivity contribution in [3.8, 4) is 0 Å². The Labute approximate surface area is 117 Å². The lowest BCUT2D eigenvalue weighted by Crippen LogP contribution is -2.41. The Kier molecular flexibility index (Phi) is 4.76. The van der Waals surface area contributed by atoms with E-state index in [9.17, 15) is 9.90 Å². The molecule has 1 aromatic rings. The van der Waals surface area contributed by atoms with Crippen LogP contribution < -0.4 is 5.32 Å². The second-order valence-corrected chi connectivity index (χ2v) is 6.22. The molecule has 106 valence electrons. The highest BCUT2D eigenvalue weighted by Crippen LogP contribution is 2.32. The molecular formula is C13H21N3O2S. The number of aliphatic hydroxyl groups excluding tert-OH is 1. The van der Waals surface area contributed by atoms with Gasteiger partial charge < -0.3 is 15.3 Å². The van der Waals surface area contributed by atoms with Gasteiger partial charge in [0, 0.05) is 24.7 Å². The van der Waals surface area contributed by atoms with Crippen LogP contribution >= 0.6 is 11.3 Å². The van der Waals surface area contributed by atoms with E-state index in [2.05, 4.69) is 17.2 Å². The van der Waals surface area contributed by atoms with Crippen LogP contribution in [0.15, 0.2) is 6.20 Å². The van der Waals surface area contributed by atoms with Crippen molar-refractivity contribution in [2.45, 2.75) is 38.8 Å². The fourth-order valence-electron chi connectivity index (χ4n) is 1.87. The summed E-state index contributed by atoms with van der Waals surface area (Å²) in [6.07, 6.45) is 4.60. The molecule has 0 bridgehead atoms. The van der Waals surface area contributed by atoms with Gasteiger partial charge in [0.05, 0.1) is 12.6 Å². The number of hydrogen-bond acceptors (Lipinski definition) is 4. The molecule has 6 heteroatoms. The second kappa shape index (κ2) is 6.34. The molecule has 1 aromatic heterocycles. The summed E-state index contributed by atoms with van der Waals surface area (Å²) >= 11 is 1.62. The highest BCUT2D eigenvalue weighted by molar-refractivity contribution is 7.11. The van der Waals surface area contributed by atoms with Crippen molar-refractivity contribution in [2.24, 2.45) is 5.92 Å². The van der Waals surface area contributed by atoms with Gasteiger partial charge in [-0.2, -0.15) is 0 Å². The Hall–Kier alpha value is -1.14. The van der Waals surface area contributed by atoms with Crippen LogP contribution in [0.2, 0.25) is 0 Å². The monoisotopic (exact) mass is 283 g/mol. The quantitative estimate of drug-likeness (QED) is 0.833. The third-order valence-corrected chi connectivity index (χ3v) is 4.46. The molecule has 1 unspecified atom stereocenters. The molecule has 0 aliphatic heterocycles. The minimum atomic E-state index is -0.387. The van der Waals surface area contributed by atoms with E-state index in [1.54, 1.807) is 18.4 Å². The zero-order chi connectivity index (χ0) is 13.8. The van der Waals surface area contributed by atoms with E-state index >= 15 is 0 Å². The number of nitrogens with zero attached hydrogens (tertiary/aromatic N) is 2. The van der Waals surface area contributed by atoms with Gasteiger partial charge in [0.1, 0.15) is 5.01 Å². The first kappa shape index (κ1) is 14.3. The molecule has 0 aromatic carbocycles. The topological polar surface area (TPSA) is 65.5 Å². The summed E-state index contributed by atoms with van der Waals surface area (Å²) in [6, 6.07) is -0.159. The average molecular weight is 283 g/mol. The van der Waals surface area contributed by atoms with Crippen molar-refractivity contribution in [1.82, 2.24) is 15.2 Å². The molecule has 2 rings (SSSR count). The largest absolute Gasteiger partial charge is 0.391 e. The third kappa shape index (κ3) is 4.18. The second-order valence-electron chi connectivity index (χ2n) is 5.02. The van der Waals surface area contributed by atoms with Crippen LogP contribution in [0, 0.1) is 5.92 Å². The van der Waals surface area contributed by atoms with Crippen LogP contribution in [0.1, 0.15) is 29.7 Å². The van der Waals surface area contributed by atoms with Gasteiger partial charge in [0.25, 0.3) is 0 Å². The zero-order valence-electron chi connectivity index (χ0n) is 11.4. The van der Waals surface area contributed by atoms with E-state index in [1.165, 1.54) is 9.78 Å². The van der Waals surface area contributed by atoms with Gasteiger partial charge in [-0.05, 0) is 25.2 Å². The smallest absolute Gasteiger partial charge is 0.317 e. The number of aliphatic hydroxyl groups is 1. The minimum Gasteiger partial charge on any atom is -0.391 e. The number of carbonyl (C=O) groups is 1. The number of likely N-dealkylation sites (N-methyl/N-ethyl adjacent to an activating group) is 1. The van der Waals surface area contributed by atoms with E-state index in [0.29, 0.717) is 19.0 Å². The lowest BCUT2D eigenvalue weighted by Gasteiger charge is -2.20. The molecule has 1 fully saturated rings. The van der Waals surface area contributed by atoms with Crippen LogP contribution in [0.25, 0.3) is 0 Å². The summed E-state index contributed by atoms with van der Waals surface area (Å²) < 4.78 is 0. The lowest BCUT2D eigenvalue weighted by atomic mass is 10.2. The van der Waals surface area contributed by atoms with Crippen molar-refractivity contribution in [3.05, 3.63) is 16.1 Å². The standard InChI is InChI=1S/C13H21N3O2S/c1-3-10-6-14-12(19-10)7-15-13(18)16(2)8-11(17)9-4-5-9/h6,9,11,17H,3-5,7-8H2,1-2H3,(H,15,18). The molecule has 5 nitrogen and oxygen atoms in total. The van der Waals surface area contributed by atoms with E-state index in [4.69, 9.17) is 0 Å². The molecule has 19 heavy (non-hydrogen) atoms. The van der Waals surface area contributed by atoms with Gasteiger partial charge in [0.15, 0.2) is 0 Å². The number of amides is 2. The normalized spacial score (nSPS) is 16.2. The SMILES string of the molecule is CCc1cnc(CNC(=O)N(C)CC(O)C2CC2)s1. The van der Waals surface area contributed by atoms with E-state index in [1.807, 2.05) is 6.20 Å². The highest BCUT2D eigenvalue weighted by Gasteiger charge is 2.31. The molecule has 2 amide bonds. The van der Waals surface area contributed by atoms with Gasteiger partial charge >= 0.3 is 6.03 Å². The molecule has 2 N–H and O–H groups in total. The Morgan fingerprint density at radius 2 is 2.42 bits per heavy atom. The number of urea groups is 1. The number of aryl methyl sites for hydroxylation is 1. The Morgan fingerprint density at radius 1 is 1.68 bits per heavy atom. The summed E-state index contributed by atoms with van der Waals surface area (Å²) in [4.78, 5) is 18.9. The molecule has 0 spiro atoms. The Balaban J connectivity index is 1.73. The van der Waals surface area contributed by atoms with Gasteiger partial charge in [-0.25, -0.2) is 9.78 Å². The van der Waals surface area contributed by atoms with Gasteiger partial charge in [-0.3, -0.25) is 0 Å². The van der Waals surface area contributed by atoms with Crippen molar-refractivity contribution < 1.29 is 9.90 Å². The Morgan fingerprint density at radius 3 is 3.00 bits per heavy atom. The highest BCUT2D eigenvalue weighted by atomic mass is 32.1. The fraction of sp³-hybridized carbons (Fsp3) is 0.692.